The zero-order valence-corrected chi connectivity index (χ0v) is 22.2. The van der Waals surface area contributed by atoms with E-state index in [1.807, 2.05) is 0 Å². The average Bonchev–Trinajstić information content (AvgIpc) is 3.31. The Morgan fingerprint density at radius 1 is 1.23 bits per heavy atom. The Morgan fingerprint density at radius 2 is 2.00 bits per heavy atom. The van der Waals surface area contributed by atoms with E-state index in [1.165, 1.54) is 30.2 Å². The predicted molar refractivity (Wildman–Crippen MR) is 138 cm³/mol. The van der Waals surface area contributed by atoms with Gasteiger partial charge in [0.25, 0.3) is 18.2 Å². The highest BCUT2D eigenvalue weighted by Crippen LogP contribution is 2.34. The fourth-order valence-electron chi connectivity index (χ4n) is 4.75. The number of carbonyl (C=O) groups is 2. The second-order valence-electron chi connectivity index (χ2n) is 10.1. The Morgan fingerprint density at radius 3 is 2.65 bits per heavy atom. The van der Waals surface area contributed by atoms with Gasteiger partial charge in [0.15, 0.2) is 0 Å². The molecule has 9 nitrogen and oxygen atoms in total. The number of rotatable bonds is 10. The molecule has 40 heavy (non-hydrogen) atoms. The summed E-state index contributed by atoms with van der Waals surface area (Å²) in [5.41, 5.74) is 0.910. The molecule has 1 atom stereocenters. The van der Waals surface area contributed by atoms with E-state index >= 15 is 4.39 Å². The maximum atomic E-state index is 15.1. The molecule has 2 amide bonds. The predicted octanol–water partition coefficient (Wildman–Crippen LogP) is 4.39. The Hall–Kier alpha value is -4.06. The number of aromatic hydroxyl groups is 1. The van der Waals surface area contributed by atoms with Crippen molar-refractivity contribution in [3.63, 3.8) is 0 Å². The Labute approximate surface area is 228 Å². The number of aromatic nitrogens is 1. The van der Waals surface area contributed by atoms with Crippen LogP contribution < -0.4 is 10.1 Å². The molecular formula is C28H30F3N3O6. The van der Waals surface area contributed by atoms with Crippen molar-refractivity contribution in [2.45, 2.75) is 44.6 Å². The lowest BCUT2D eigenvalue weighted by molar-refractivity contribution is -0.139. The van der Waals surface area contributed by atoms with Crippen molar-refractivity contribution in [1.29, 1.82) is 0 Å². The van der Waals surface area contributed by atoms with Crippen LogP contribution in [0.5, 0.6) is 11.6 Å². The lowest BCUT2D eigenvalue weighted by atomic mass is 9.85. The molecule has 1 aromatic heterocycles. The molecule has 0 spiro atoms. The molecule has 0 saturated heterocycles. The number of carbonyl (C=O) groups excluding carboxylic acids is 2. The first-order chi connectivity index (χ1) is 19.0. The first-order valence-electron chi connectivity index (χ1n) is 12.6. The van der Waals surface area contributed by atoms with Crippen molar-refractivity contribution in [2.24, 2.45) is 0 Å². The second-order valence-corrected chi connectivity index (χ2v) is 10.1. The van der Waals surface area contributed by atoms with Gasteiger partial charge in [-0.3, -0.25) is 9.59 Å². The second kappa shape index (κ2) is 12.0. The van der Waals surface area contributed by atoms with Gasteiger partial charge in [-0.2, -0.15) is 0 Å². The highest BCUT2D eigenvalue weighted by Gasteiger charge is 2.37. The van der Waals surface area contributed by atoms with Gasteiger partial charge in [0.1, 0.15) is 30.0 Å². The number of anilines is 1. The van der Waals surface area contributed by atoms with Crippen LogP contribution in [0.4, 0.5) is 18.9 Å². The van der Waals surface area contributed by atoms with Crippen LogP contribution in [0.2, 0.25) is 0 Å². The third kappa shape index (κ3) is 6.56. The van der Waals surface area contributed by atoms with Crippen molar-refractivity contribution >= 4 is 17.5 Å². The van der Waals surface area contributed by atoms with Gasteiger partial charge in [-0.15, -0.1) is 0 Å². The van der Waals surface area contributed by atoms with E-state index in [0.717, 1.165) is 11.6 Å². The Balaban J connectivity index is 1.57. The van der Waals surface area contributed by atoms with Crippen LogP contribution in [-0.2, 0) is 32.6 Å². The summed E-state index contributed by atoms with van der Waals surface area (Å²) in [6.07, 6.45) is -2.39. The third-order valence-electron chi connectivity index (χ3n) is 6.69. The lowest BCUT2D eigenvalue weighted by Crippen LogP contribution is -2.46. The largest absolute Gasteiger partial charge is 0.497 e. The number of fused-ring (bicyclic) bond motifs is 1. The topological polar surface area (TPSA) is 114 Å². The van der Waals surface area contributed by atoms with E-state index in [1.54, 1.807) is 32.0 Å². The molecule has 214 valence electrons. The molecule has 1 aliphatic heterocycles. The summed E-state index contributed by atoms with van der Waals surface area (Å²) in [5.74, 6) is -1.25. The highest BCUT2D eigenvalue weighted by atomic mass is 19.3. The van der Waals surface area contributed by atoms with Crippen LogP contribution in [-0.4, -0.2) is 60.3 Å². The third-order valence-corrected chi connectivity index (χ3v) is 6.69. The Kier molecular flexibility index (Phi) is 8.67. The molecule has 0 bridgehead atoms. The normalized spacial score (nSPS) is 15.2. The first kappa shape index (κ1) is 28.9. The molecule has 0 unspecified atom stereocenters. The summed E-state index contributed by atoms with van der Waals surface area (Å²) in [5, 5.41) is 15.5. The number of amides is 2. The number of benzene rings is 2. The van der Waals surface area contributed by atoms with Crippen molar-refractivity contribution in [1.82, 2.24) is 10.1 Å². The summed E-state index contributed by atoms with van der Waals surface area (Å²) in [6.45, 7) is 2.68. The van der Waals surface area contributed by atoms with Crippen LogP contribution in [0.1, 0.15) is 42.3 Å². The lowest BCUT2D eigenvalue weighted by Gasteiger charge is -2.36. The summed E-state index contributed by atoms with van der Waals surface area (Å²) >= 11 is 0. The van der Waals surface area contributed by atoms with E-state index < -0.39 is 42.1 Å². The number of methoxy groups -OCH3 is 1. The van der Waals surface area contributed by atoms with Crippen molar-refractivity contribution in [3.8, 4) is 11.6 Å². The van der Waals surface area contributed by atoms with Crippen LogP contribution in [0.25, 0.3) is 0 Å². The molecule has 0 fully saturated rings. The van der Waals surface area contributed by atoms with Gasteiger partial charge in [-0.05, 0) is 52.5 Å². The molecule has 2 heterocycles. The van der Waals surface area contributed by atoms with Gasteiger partial charge in [0.2, 0.25) is 5.91 Å². The van der Waals surface area contributed by atoms with Crippen molar-refractivity contribution in [3.05, 3.63) is 70.7 Å². The summed E-state index contributed by atoms with van der Waals surface area (Å²) in [6, 6.07) is 9.50. The van der Waals surface area contributed by atoms with E-state index in [4.69, 9.17) is 14.0 Å². The molecule has 3 aromatic rings. The van der Waals surface area contributed by atoms with Crippen LogP contribution in [0, 0.1) is 5.82 Å². The fourth-order valence-corrected chi connectivity index (χ4v) is 4.75. The van der Waals surface area contributed by atoms with Gasteiger partial charge in [0, 0.05) is 23.7 Å². The zero-order valence-electron chi connectivity index (χ0n) is 22.2. The highest BCUT2D eigenvalue weighted by molar-refractivity contribution is 5.98. The molecule has 2 aromatic carbocycles. The van der Waals surface area contributed by atoms with Gasteiger partial charge in [-0.1, -0.05) is 26.0 Å². The average molecular weight is 562 g/mol. The van der Waals surface area contributed by atoms with E-state index in [0.29, 0.717) is 17.7 Å². The summed E-state index contributed by atoms with van der Waals surface area (Å²) in [7, 11) is 1.53. The quantitative estimate of drug-likeness (QED) is 0.377. The molecule has 0 radical (unpaired) electrons. The van der Waals surface area contributed by atoms with Gasteiger partial charge >= 0.3 is 0 Å². The number of halogens is 3. The van der Waals surface area contributed by atoms with Gasteiger partial charge < -0.3 is 29.3 Å². The maximum Gasteiger partial charge on any atom is 0.261 e. The fraction of sp³-hybridized carbons (Fsp3) is 0.393. The van der Waals surface area contributed by atoms with Gasteiger partial charge in [0.05, 0.1) is 20.1 Å². The van der Waals surface area contributed by atoms with Crippen molar-refractivity contribution in [2.75, 3.05) is 32.2 Å². The van der Waals surface area contributed by atoms with Gasteiger partial charge in [-0.25, -0.2) is 13.2 Å². The SMILES string of the molecule is COc1ccc2c(c1)CCN(C(=O)Cc1cc(O)no1)[C@H]2C(=O)Nc1ccc(C(C)(C)COCC(F)F)c(F)c1. The monoisotopic (exact) mass is 561 g/mol. The van der Waals surface area contributed by atoms with Crippen LogP contribution in [0.3, 0.4) is 0 Å². The minimum Gasteiger partial charge on any atom is -0.497 e. The maximum absolute atomic E-state index is 15.1. The number of hydrogen-bond donors (Lipinski definition) is 2. The number of alkyl halides is 2. The number of hydrogen-bond acceptors (Lipinski definition) is 7. The molecule has 0 aliphatic carbocycles. The van der Waals surface area contributed by atoms with Crippen LogP contribution >= 0.6 is 0 Å². The summed E-state index contributed by atoms with van der Waals surface area (Å²) in [4.78, 5) is 28.3. The molecule has 4 rings (SSSR count). The van der Waals surface area contributed by atoms with Crippen LogP contribution in [0.15, 0.2) is 47.0 Å². The van der Waals surface area contributed by atoms with Crippen molar-refractivity contribution < 1.29 is 41.9 Å². The molecular weight excluding hydrogens is 531 g/mol. The standard InChI is InChI=1S/C28H30F3N3O6/c1-28(2,15-39-14-23(30)31)21-7-4-17(11-22(21)29)32-27(37)26-20-6-5-18(38-3)10-16(20)8-9-34(26)25(36)13-19-12-24(35)33-40-19/h4-7,10-12,23,26H,8-9,13-15H2,1-3H3,(H,32,37)(H,33,35)/t26-/m1/s1. The first-order valence-corrected chi connectivity index (χ1v) is 12.6. The Bertz CT molecular complexity index is 1380. The molecule has 1 aliphatic rings. The summed E-state index contributed by atoms with van der Waals surface area (Å²) < 4.78 is 55.3. The van der Waals surface area contributed by atoms with E-state index in [2.05, 4.69) is 10.5 Å². The molecule has 2 N–H and O–H groups in total. The molecule has 12 heteroatoms. The van der Waals surface area contributed by atoms with E-state index in [9.17, 15) is 23.5 Å². The smallest absolute Gasteiger partial charge is 0.261 e. The number of nitrogens with one attached hydrogen (secondary N) is 1. The molecule has 0 saturated carbocycles. The minimum atomic E-state index is -2.63. The zero-order chi connectivity index (χ0) is 29.0. The number of ether oxygens (including phenoxy) is 2. The van der Waals surface area contributed by atoms with E-state index in [-0.39, 0.29) is 42.5 Å². The number of nitrogens with zero attached hydrogens (tertiary/aromatic N) is 2. The minimum absolute atomic E-state index is 0.123.